The van der Waals surface area contributed by atoms with Crippen molar-refractivity contribution in [1.82, 2.24) is 5.32 Å². The topological polar surface area (TPSA) is 12.0 Å². The lowest BCUT2D eigenvalue weighted by atomic mass is 9.65. The van der Waals surface area contributed by atoms with Gasteiger partial charge in [0.2, 0.25) is 0 Å². The summed E-state index contributed by atoms with van der Waals surface area (Å²) in [5.74, 6) is 0.691. The number of hydrogen-bond acceptors (Lipinski definition) is 1. The highest BCUT2D eigenvalue weighted by Crippen LogP contribution is 2.43. The van der Waals surface area contributed by atoms with E-state index in [0.717, 1.165) is 12.0 Å². The van der Waals surface area contributed by atoms with Gasteiger partial charge in [-0.2, -0.15) is 0 Å². The maximum Gasteiger partial charge on any atom is 0.0624 e. The fourth-order valence-corrected chi connectivity index (χ4v) is 4.05. The van der Waals surface area contributed by atoms with E-state index in [1.807, 2.05) is 12.1 Å². The van der Waals surface area contributed by atoms with Gasteiger partial charge < -0.3 is 5.32 Å². The first kappa shape index (κ1) is 16.1. The largest absolute Gasteiger partial charge is 0.316 e. The van der Waals surface area contributed by atoms with Crippen molar-refractivity contribution in [2.24, 2.45) is 11.3 Å². The van der Waals surface area contributed by atoms with Gasteiger partial charge in [-0.05, 0) is 49.3 Å². The minimum Gasteiger partial charge on any atom is -0.316 e. The fraction of sp³-hybridized carbons (Fsp3) is 0.647. The number of rotatable bonds is 4. The van der Waals surface area contributed by atoms with Crippen LogP contribution in [0.5, 0.6) is 0 Å². The SMILES string of the molecule is CNC(Cc1cccc(Cl)c1Cl)C1CCCCC1(C)C. The minimum atomic E-state index is 0.400. The van der Waals surface area contributed by atoms with E-state index in [4.69, 9.17) is 23.2 Å². The van der Waals surface area contributed by atoms with Crippen LogP contribution in [0.3, 0.4) is 0 Å². The van der Waals surface area contributed by atoms with Gasteiger partial charge in [-0.15, -0.1) is 0 Å². The van der Waals surface area contributed by atoms with Crippen LogP contribution in [-0.4, -0.2) is 13.1 Å². The van der Waals surface area contributed by atoms with Crippen molar-refractivity contribution < 1.29 is 0 Å². The van der Waals surface area contributed by atoms with E-state index in [1.165, 1.54) is 25.7 Å². The molecule has 2 unspecified atom stereocenters. The number of nitrogens with one attached hydrogen (secondary N) is 1. The van der Waals surface area contributed by atoms with Gasteiger partial charge in [0, 0.05) is 6.04 Å². The average molecular weight is 314 g/mol. The second-order valence-corrected chi connectivity index (χ2v) is 7.44. The molecule has 1 aromatic carbocycles. The highest BCUT2D eigenvalue weighted by atomic mass is 35.5. The van der Waals surface area contributed by atoms with Crippen molar-refractivity contribution in [3.63, 3.8) is 0 Å². The molecule has 3 heteroatoms. The van der Waals surface area contributed by atoms with E-state index in [-0.39, 0.29) is 0 Å². The van der Waals surface area contributed by atoms with Crippen LogP contribution in [0.2, 0.25) is 10.0 Å². The zero-order chi connectivity index (χ0) is 14.8. The molecule has 0 amide bonds. The summed E-state index contributed by atoms with van der Waals surface area (Å²) in [7, 11) is 2.06. The maximum absolute atomic E-state index is 6.34. The molecule has 1 aliphatic rings. The predicted octanol–water partition coefficient (Wildman–Crippen LogP) is 5.34. The monoisotopic (exact) mass is 313 g/mol. The van der Waals surface area contributed by atoms with E-state index in [2.05, 4.69) is 32.3 Å². The first-order chi connectivity index (χ1) is 9.45. The molecular weight excluding hydrogens is 289 g/mol. The first-order valence-electron chi connectivity index (χ1n) is 7.56. The van der Waals surface area contributed by atoms with E-state index in [9.17, 15) is 0 Å². The molecule has 112 valence electrons. The Morgan fingerprint density at radius 2 is 2.05 bits per heavy atom. The predicted molar refractivity (Wildman–Crippen MR) is 88.8 cm³/mol. The van der Waals surface area contributed by atoms with Gasteiger partial charge in [-0.25, -0.2) is 0 Å². The number of benzene rings is 1. The lowest BCUT2D eigenvalue weighted by molar-refractivity contribution is 0.101. The Bertz CT molecular complexity index is 456. The Kier molecular flexibility index (Phi) is 5.39. The van der Waals surface area contributed by atoms with E-state index >= 15 is 0 Å². The molecule has 1 N–H and O–H groups in total. The van der Waals surface area contributed by atoms with Crippen molar-refractivity contribution in [2.45, 2.75) is 52.0 Å². The van der Waals surface area contributed by atoms with Crippen LogP contribution in [0.25, 0.3) is 0 Å². The molecule has 1 nitrogen and oxygen atoms in total. The molecule has 1 aromatic rings. The molecule has 1 fully saturated rings. The Morgan fingerprint density at radius 1 is 1.30 bits per heavy atom. The van der Waals surface area contributed by atoms with Crippen molar-refractivity contribution in [3.05, 3.63) is 33.8 Å². The highest BCUT2D eigenvalue weighted by Gasteiger charge is 2.37. The normalized spacial score (nSPS) is 23.6. The Morgan fingerprint density at radius 3 is 2.70 bits per heavy atom. The smallest absolute Gasteiger partial charge is 0.0624 e. The minimum absolute atomic E-state index is 0.400. The van der Waals surface area contributed by atoms with Crippen LogP contribution in [0.15, 0.2) is 18.2 Å². The van der Waals surface area contributed by atoms with Crippen molar-refractivity contribution in [1.29, 1.82) is 0 Å². The van der Waals surface area contributed by atoms with Gasteiger partial charge in [-0.3, -0.25) is 0 Å². The fourth-order valence-electron chi connectivity index (χ4n) is 3.66. The lowest BCUT2D eigenvalue weighted by Gasteiger charge is -2.43. The Balaban J connectivity index is 2.18. The van der Waals surface area contributed by atoms with Crippen molar-refractivity contribution in [2.75, 3.05) is 7.05 Å². The third-order valence-electron chi connectivity index (χ3n) is 4.92. The maximum atomic E-state index is 6.34. The lowest BCUT2D eigenvalue weighted by Crippen LogP contribution is -2.44. The van der Waals surface area contributed by atoms with Crippen LogP contribution in [-0.2, 0) is 6.42 Å². The molecule has 0 heterocycles. The molecule has 20 heavy (non-hydrogen) atoms. The van der Waals surface area contributed by atoms with Crippen LogP contribution < -0.4 is 5.32 Å². The number of halogens is 2. The van der Waals surface area contributed by atoms with Crippen LogP contribution in [0.1, 0.15) is 45.1 Å². The van der Waals surface area contributed by atoms with Gasteiger partial charge in [-0.1, -0.05) is 62.0 Å². The van der Waals surface area contributed by atoms with Gasteiger partial charge in [0.25, 0.3) is 0 Å². The molecular formula is C17H25Cl2N. The van der Waals surface area contributed by atoms with Gasteiger partial charge >= 0.3 is 0 Å². The molecule has 0 radical (unpaired) electrons. The van der Waals surface area contributed by atoms with E-state index in [1.54, 1.807) is 0 Å². The summed E-state index contributed by atoms with van der Waals surface area (Å²) < 4.78 is 0. The molecule has 2 atom stereocenters. The summed E-state index contributed by atoms with van der Waals surface area (Å²) in [5, 5.41) is 4.89. The summed E-state index contributed by atoms with van der Waals surface area (Å²) in [6.07, 6.45) is 6.27. The molecule has 0 spiro atoms. The van der Waals surface area contributed by atoms with Crippen molar-refractivity contribution >= 4 is 23.2 Å². The number of likely N-dealkylation sites (N-methyl/N-ethyl adjacent to an activating group) is 1. The van der Waals surface area contributed by atoms with Crippen LogP contribution in [0, 0.1) is 11.3 Å². The molecule has 1 saturated carbocycles. The molecule has 2 rings (SSSR count). The summed E-state index contributed by atoms with van der Waals surface area (Å²) in [4.78, 5) is 0. The summed E-state index contributed by atoms with van der Waals surface area (Å²) in [6.45, 7) is 4.81. The Labute approximate surface area is 133 Å². The zero-order valence-corrected chi connectivity index (χ0v) is 14.2. The van der Waals surface area contributed by atoms with Gasteiger partial charge in [0.05, 0.1) is 10.0 Å². The van der Waals surface area contributed by atoms with Gasteiger partial charge in [0.15, 0.2) is 0 Å². The van der Waals surface area contributed by atoms with E-state index < -0.39 is 0 Å². The molecule has 0 bridgehead atoms. The molecule has 0 aromatic heterocycles. The van der Waals surface area contributed by atoms with Crippen LogP contribution >= 0.6 is 23.2 Å². The molecule has 1 aliphatic carbocycles. The third-order valence-corrected chi connectivity index (χ3v) is 5.78. The third kappa shape index (κ3) is 3.50. The second-order valence-electron chi connectivity index (χ2n) is 6.65. The quantitative estimate of drug-likeness (QED) is 0.791. The zero-order valence-electron chi connectivity index (χ0n) is 12.7. The first-order valence-corrected chi connectivity index (χ1v) is 8.31. The second kappa shape index (κ2) is 6.68. The standard InChI is InChI=1S/C17H25Cl2N/c1-17(2)10-5-4-8-13(17)15(20-3)11-12-7-6-9-14(18)16(12)19/h6-7,9,13,15,20H,4-5,8,10-11H2,1-3H3. The Hall–Kier alpha value is -0.240. The summed E-state index contributed by atoms with van der Waals surface area (Å²) in [5.41, 5.74) is 1.55. The summed E-state index contributed by atoms with van der Waals surface area (Å²) in [6, 6.07) is 6.39. The molecule has 0 aliphatic heterocycles. The van der Waals surface area contributed by atoms with Crippen LogP contribution in [0.4, 0.5) is 0 Å². The van der Waals surface area contributed by atoms with Gasteiger partial charge in [0.1, 0.15) is 0 Å². The number of hydrogen-bond donors (Lipinski definition) is 1. The average Bonchev–Trinajstić information content (AvgIpc) is 2.41. The van der Waals surface area contributed by atoms with Crippen molar-refractivity contribution in [3.8, 4) is 0 Å². The van der Waals surface area contributed by atoms with E-state index in [0.29, 0.717) is 27.4 Å². The summed E-state index contributed by atoms with van der Waals surface area (Å²) >= 11 is 12.5. The molecule has 0 saturated heterocycles. The highest BCUT2D eigenvalue weighted by molar-refractivity contribution is 6.42.